The van der Waals surface area contributed by atoms with E-state index >= 15 is 0 Å². The van der Waals surface area contributed by atoms with Gasteiger partial charge in [0.05, 0.1) is 18.7 Å². The lowest BCUT2D eigenvalue weighted by Crippen LogP contribution is -2.07. The summed E-state index contributed by atoms with van der Waals surface area (Å²) in [6.45, 7) is 2.05. The van der Waals surface area contributed by atoms with Crippen LogP contribution in [0.2, 0.25) is 0 Å². The Morgan fingerprint density at radius 3 is 2.00 bits per heavy atom. The molecule has 0 saturated heterocycles. The van der Waals surface area contributed by atoms with Crippen molar-refractivity contribution in [1.82, 2.24) is 0 Å². The van der Waals surface area contributed by atoms with Crippen molar-refractivity contribution in [3.63, 3.8) is 0 Å². The number of nitrogens with two attached hydrogens (primary N) is 1. The van der Waals surface area contributed by atoms with Crippen LogP contribution >= 0.6 is 0 Å². The van der Waals surface area contributed by atoms with Gasteiger partial charge < -0.3 is 10.5 Å². The molecule has 6 nitrogen and oxygen atoms in total. The van der Waals surface area contributed by atoms with Crippen LogP contribution in [0.15, 0.2) is 0 Å². The molecular formula is C8H11N3O3. The molecule has 14 heavy (non-hydrogen) atoms. The van der Waals surface area contributed by atoms with Gasteiger partial charge in [0.1, 0.15) is 12.8 Å². The minimum Gasteiger partial charge on any atom is -0.465 e. The monoisotopic (exact) mass is 197 g/mol. The van der Waals surface area contributed by atoms with Gasteiger partial charge in [-0.05, 0) is 6.92 Å². The Kier molecular flexibility index (Phi) is 11.3. The number of nitriles is 2. The number of rotatable bonds is 3. The largest absolute Gasteiger partial charge is 0.465 e. The van der Waals surface area contributed by atoms with E-state index in [0.29, 0.717) is 6.61 Å². The molecule has 0 aliphatic heterocycles. The summed E-state index contributed by atoms with van der Waals surface area (Å²) in [4.78, 5) is 19.8. The minimum atomic E-state index is -0.572. The maximum absolute atomic E-state index is 10.2. The van der Waals surface area contributed by atoms with Crippen molar-refractivity contribution in [1.29, 1.82) is 10.5 Å². The summed E-state index contributed by atoms with van der Waals surface area (Å²) in [6, 6.07) is 3.27. The van der Waals surface area contributed by atoms with Crippen LogP contribution in [0.1, 0.15) is 19.8 Å². The van der Waals surface area contributed by atoms with Gasteiger partial charge in [-0.1, -0.05) is 0 Å². The zero-order chi connectivity index (χ0) is 11.4. The molecule has 0 rings (SSSR count). The molecule has 0 aliphatic carbocycles. The van der Waals surface area contributed by atoms with Crippen molar-refractivity contribution in [2.45, 2.75) is 19.8 Å². The van der Waals surface area contributed by atoms with Crippen LogP contribution in [0, 0.1) is 22.7 Å². The number of carbonyl (C=O) groups is 2. The van der Waals surface area contributed by atoms with Gasteiger partial charge in [0, 0.05) is 0 Å². The summed E-state index contributed by atoms with van der Waals surface area (Å²) >= 11 is 0. The van der Waals surface area contributed by atoms with Crippen molar-refractivity contribution in [3.8, 4) is 12.1 Å². The molecule has 0 saturated carbocycles. The topological polar surface area (TPSA) is 117 Å². The van der Waals surface area contributed by atoms with Gasteiger partial charge in [-0.2, -0.15) is 10.5 Å². The number of ether oxygens (including phenoxy) is 1. The van der Waals surface area contributed by atoms with Crippen LogP contribution in [-0.4, -0.2) is 18.5 Å². The van der Waals surface area contributed by atoms with Gasteiger partial charge in [-0.25, -0.2) is 0 Å². The molecule has 0 fully saturated rings. The van der Waals surface area contributed by atoms with Crippen molar-refractivity contribution >= 4 is 11.9 Å². The van der Waals surface area contributed by atoms with E-state index in [1.54, 1.807) is 19.1 Å². The molecule has 0 unspecified atom stereocenters. The van der Waals surface area contributed by atoms with E-state index < -0.39 is 11.9 Å². The van der Waals surface area contributed by atoms with Crippen molar-refractivity contribution < 1.29 is 14.3 Å². The first-order valence-corrected chi connectivity index (χ1v) is 3.76. The van der Waals surface area contributed by atoms with E-state index in [4.69, 9.17) is 10.5 Å². The quantitative estimate of drug-likeness (QED) is 0.631. The third-order valence-corrected chi connectivity index (χ3v) is 0.782. The molecule has 76 valence electrons. The summed E-state index contributed by atoms with van der Waals surface area (Å²) in [7, 11) is 0. The molecule has 0 atom stereocenters. The van der Waals surface area contributed by atoms with E-state index in [0.717, 1.165) is 0 Å². The molecule has 0 heterocycles. The molecule has 2 N–H and O–H groups in total. The molecule has 1 amide bonds. The van der Waals surface area contributed by atoms with E-state index in [1.807, 2.05) is 0 Å². The smallest absolute Gasteiger partial charge is 0.320 e. The molecule has 0 bridgehead atoms. The molecule has 0 aromatic rings. The third kappa shape index (κ3) is 16.5. The summed E-state index contributed by atoms with van der Waals surface area (Å²) < 4.78 is 4.42. The van der Waals surface area contributed by atoms with Gasteiger partial charge >= 0.3 is 5.97 Å². The zero-order valence-corrected chi connectivity index (χ0v) is 7.82. The molecular weight excluding hydrogens is 186 g/mol. The molecule has 0 aromatic heterocycles. The zero-order valence-electron chi connectivity index (χ0n) is 7.82. The van der Waals surface area contributed by atoms with Crippen LogP contribution < -0.4 is 5.73 Å². The maximum Gasteiger partial charge on any atom is 0.320 e. The van der Waals surface area contributed by atoms with E-state index in [2.05, 4.69) is 10.5 Å². The maximum atomic E-state index is 10.2. The second-order valence-corrected chi connectivity index (χ2v) is 1.94. The number of esters is 1. The predicted octanol–water partition coefficient (Wildman–Crippen LogP) is -0.151. The average Bonchev–Trinajstić information content (AvgIpc) is 2.05. The minimum absolute atomic E-state index is 0.145. The first kappa shape index (κ1) is 14.4. The lowest BCUT2D eigenvalue weighted by Gasteiger charge is -1.92. The fourth-order valence-corrected chi connectivity index (χ4v) is 0.354. The van der Waals surface area contributed by atoms with Gasteiger partial charge in [0.2, 0.25) is 5.91 Å². The van der Waals surface area contributed by atoms with Crippen LogP contribution in [0.4, 0.5) is 0 Å². The molecule has 0 radical (unpaired) electrons. The fourth-order valence-electron chi connectivity index (χ4n) is 0.354. The number of primary amides is 1. The first-order chi connectivity index (χ1) is 6.58. The Morgan fingerprint density at radius 2 is 1.79 bits per heavy atom. The summed E-state index contributed by atoms with van der Waals surface area (Å²) in [5, 5.41) is 15.6. The normalized spacial score (nSPS) is 7.07. The van der Waals surface area contributed by atoms with Crippen molar-refractivity contribution in [2.75, 3.05) is 6.61 Å². The van der Waals surface area contributed by atoms with Crippen molar-refractivity contribution in [2.24, 2.45) is 5.73 Å². The number of amides is 1. The van der Waals surface area contributed by atoms with Gasteiger partial charge in [-0.15, -0.1) is 0 Å². The highest BCUT2D eigenvalue weighted by atomic mass is 16.5. The van der Waals surface area contributed by atoms with E-state index in [1.165, 1.54) is 0 Å². The number of nitrogens with zero attached hydrogens (tertiary/aromatic N) is 2. The second-order valence-electron chi connectivity index (χ2n) is 1.94. The molecule has 0 aromatic carbocycles. The first-order valence-electron chi connectivity index (χ1n) is 3.76. The van der Waals surface area contributed by atoms with Gasteiger partial charge in [0.25, 0.3) is 0 Å². The molecule has 6 heteroatoms. The Labute approximate surface area is 81.9 Å². The number of hydrogen-bond acceptors (Lipinski definition) is 5. The molecule has 0 spiro atoms. The molecule has 0 aliphatic rings. The number of carbonyl (C=O) groups excluding carboxylic acids is 2. The van der Waals surface area contributed by atoms with Crippen LogP contribution in [-0.2, 0) is 14.3 Å². The summed E-state index contributed by atoms with van der Waals surface area (Å²) in [6.07, 6.45) is -0.326. The lowest BCUT2D eigenvalue weighted by molar-refractivity contribution is -0.141. The highest BCUT2D eigenvalue weighted by molar-refractivity contribution is 5.75. The highest BCUT2D eigenvalue weighted by Crippen LogP contribution is 1.81. The predicted molar refractivity (Wildman–Crippen MR) is 46.3 cm³/mol. The highest BCUT2D eigenvalue weighted by Gasteiger charge is 1.95. The van der Waals surface area contributed by atoms with Gasteiger partial charge in [-0.3, -0.25) is 9.59 Å². The van der Waals surface area contributed by atoms with E-state index in [-0.39, 0.29) is 12.8 Å². The summed E-state index contributed by atoms with van der Waals surface area (Å²) in [5.41, 5.74) is 4.54. The summed E-state index contributed by atoms with van der Waals surface area (Å²) in [5.74, 6) is -1.02. The van der Waals surface area contributed by atoms with Gasteiger partial charge in [0.15, 0.2) is 0 Å². The Morgan fingerprint density at radius 1 is 1.29 bits per heavy atom. The standard InChI is InChI=1S/C5H7NO2.C3H4N2O/c1-2-8-5(7)3-4-6;4-2-1-3(5)6/h2-3H2,1H3;1H2,(H2,5,6). The third-order valence-electron chi connectivity index (χ3n) is 0.782. The number of hydrogen-bond donors (Lipinski definition) is 1. The average molecular weight is 197 g/mol. The Balaban J connectivity index is 0. The SMILES string of the molecule is CCOC(=O)CC#N.N#CCC(N)=O. The Bertz CT molecular complexity index is 262. The van der Waals surface area contributed by atoms with Crippen molar-refractivity contribution in [3.05, 3.63) is 0 Å². The van der Waals surface area contributed by atoms with E-state index in [9.17, 15) is 9.59 Å². The van der Waals surface area contributed by atoms with Crippen LogP contribution in [0.25, 0.3) is 0 Å². The van der Waals surface area contributed by atoms with Crippen LogP contribution in [0.5, 0.6) is 0 Å². The van der Waals surface area contributed by atoms with Crippen LogP contribution in [0.3, 0.4) is 0 Å². The second kappa shape index (κ2) is 10.9. The lowest BCUT2D eigenvalue weighted by atomic mass is 10.5. The fraction of sp³-hybridized carbons (Fsp3) is 0.500. The Hall–Kier alpha value is -2.08.